The van der Waals surface area contributed by atoms with Gasteiger partial charge in [0.1, 0.15) is 24.4 Å². The van der Waals surface area contributed by atoms with Crippen molar-refractivity contribution in [1.82, 2.24) is 31.1 Å². The Hall–Kier alpha value is -2.36. The van der Waals surface area contributed by atoms with E-state index in [0.29, 0.717) is 39.3 Å². The number of carbonyl (C=O) groups is 4. The second-order valence-electron chi connectivity index (χ2n) is 24.2. The minimum atomic E-state index is -1.30. The van der Waals surface area contributed by atoms with E-state index < -0.39 is 48.0 Å². The molecular formula is C67H134N6O8. The fourth-order valence-corrected chi connectivity index (χ4v) is 10.8. The maximum absolute atomic E-state index is 13.0. The van der Waals surface area contributed by atoms with Crippen LogP contribution in [0, 0.1) is 0 Å². The molecule has 0 heterocycles. The summed E-state index contributed by atoms with van der Waals surface area (Å²) in [7, 11) is 0. The number of unbranched alkanes of at least 4 members (excludes halogenated alkanes) is 40. The van der Waals surface area contributed by atoms with E-state index in [9.17, 15) is 39.6 Å². The van der Waals surface area contributed by atoms with E-state index in [1.165, 1.54) is 180 Å². The first kappa shape index (κ1) is 78.6. The van der Waals surface area contributed by atoms with Gasteiger partial charge in [-0.2, -0.15) is 0 Å². The summed E-state index contributed by atoms with van der Waals surface area (Å²) in [5, 5.41) is 55.8. The number of nitrogens with one attached hydrogen (secondary N) is 4. The molecule has 0 spiro atoms. The zero-order valence-electron chi connectivity index (χ0n) is 53.5. The van der Waals surface area contributed by atoms with Gasteiger partial charge >= 0.3 is 0 Å². The molecule has 0 saturated carbocycles. The molecule has 0 rings (SSSR count). The minimum absolute atomic E-state index is 0.00588. The fourth-order valence-electron chi connectivity index (χ4n) is 10.8. The Morgan fingerprint density at radius 2 is 0.395 bits per heavy atom. The standard InChI is InChI=1S/C67H134N6O8/c1-5-9-13-17-21-25-29-33-38-44-50-68-64(78)60(74)56-72(57-61(75)65(79)69-51-45-39-34-30-26-22-18-14-10-6-2)54-48-42-37-43-49-55-73(58-62(76)66(80)70-52-46-40-35-31-27-23-19-15-11-7-3)59-63(77)67(81)71-53-47-41-36-32-28-24-20-16-12-8-4/h60-63,74-77H,5-59H2,1-4H3,(H,68,78)(H,69,79)(H,70,80)(H,71,81). The largest absolute Gasteiger partial charge is 0.382 e. The van der Waals surface area contributed by atoms with Gasteiger partial charge in [0.2, 0.25) is 23.6 Å². The molecular weight excluding hydrogens is 1020 g/mol. The molecule has 81 heavy (non-hydrogen) atoms. The lowest BCUT2D eigenvalue weighted by Gasteiger charge is -2.27. The van der Waals surface area contributed by atoms with Gasteiger partial charge in [0.05, 0.1) is 0 Å². The smallest absolute Gasteiger partial charge is 0.250 e. The molecule has 0 radical (unpaired) electrons. The molecule has 4 atom stereocenters. The molecule has 0 aliphatic carbocycles. The van der Waals surface area contributed by atoms with E-state index in [1.54, 1.807) is 0 Å². The third-order valence-corrected chi connectivity index (χ3v) is 16.2. The lowest BCUT2D eigenvalue weighted by molar-refractivity contribution is -0.133. The molecule has 0 aromatic carbocycles. The molecule has 0 aliphatic rings. The highest BCUT2D eigenvalue weighted by Gasteiger charge is 2.25. The highest BCUT2D eigenvalue weighted by molar-refractivity contribution is 5.82. The monoisotopic (exact) mass is 1150 g/mol. The fraction of sp³-hybridized carbons (Fsp3) is 0.940. The van der Waals surface area contributed by atoms with E-state index >= 15 is 0 Å². The summed E-state index contributed by atoms with van der Waals surface area (Å²) in [6.45, 7) is 12.0. The summed E-state index contributed by atoms with van der Waals surface area (Å²) in [6.07, 6.45) is 46.7. The first-order valence-corrected chi connectivity index (χ1v) is 34.8. The first-order valence-electron chi connectivity index (χ1n) is 34.8. The van der Waals surface area contributed by atoms with Crippen molar-refractivity contribution in [1.29, 1.82) is 0 Å². The van der Waals surface area contributed by atoms with E-state index in [1.807, 2.05) is 9.80 Å². The van der Waals surface area contributed by atoms with Crippen LogP contribution in [0.2, 0.25) is 0 Å². The number of nitrogens with zero attached hydrogens (tertiary/aromatic N) is 2. The molecule has 14 heteroatoms. The second kappa shape index (κ2) is 60.8. The van der Waals surface area contributed by atoms with Gasteiger partial charge in [0, 0.05) is 52.4 Å². The summed E-state index contributed by atoms with van der Waals surface area (Å²) in [6, 6.07) is 0. The lowest BCUT2D eigenvalue weighted by Crippen LogP contribution is -2.48. The Labute approximate surface area is 498 Å². The van der Waals surface area contributed by atoms with Crippen molar-refractivity contribution in [2.24, 2.45) is 0 Å². The van der Waals surface area contributed by atoms with Crippen LogP contribution in [0.3, 0.4) is 0 Å². The molecule has 0 aromatic heterocycles. The molecule has 8 N–H and O–H groups in total. The topological polar surface area (TPSA) is 204 Å². The van der Waals surface area contributed by atoms with Gasteiger partial charge in [-0.25, -0.2) is 0 Å². The van der Waals surface area contributed by atoms with E-state index in [4.69, 9.17) is 0 Å². The molecule has 14 nitrogen and oxygen atoms in total. The highest BCUT2D eigenvalue weighted by Crippen LogP contribution is 2.15. The van der Waals surface area contributed by atoms with Gasteiger partial charge in [-0.15, -0.1) is 0 Å². The van der Waals surface area contributed by atoms with Crippen molar-refractivity contribution in [2.75, 3.05) is 65.4 Å². The summed E-state index contributed by atoms with van der Waals surface area (Å²) >= 11 is 0. The van der Waals surface area contributed by atoms with Crippen LogP contribution in [0.1, 0.15) is 317 Å². The van der Waals surface area contributed by atoms with Gasteiger partial charge in [0.25, 0.3) is 0 Å². The number of carbonyl (C=O) groups excluding carboxylic acids is 4. The second-order valence-corrected chi connectivity index (χ2v) is 24.2. The van der Waals surface area contributed by atoms with Crippen molar-refractivity contribution in [2.45, 2.75) is 341 Å². The van der Waals surface area contributed by atoms with E-state index in [0.717, 1.165) is 109 Å². The van der Waals surface area contributed by atoms with Crippen LogP contribution in [-0.4, -0.2) is 144 Å². The number of hydrogen-bond donors (Lipinski definition) is 8. The Morgan fingerprint density at radius 3 is 0.568 bits per heavy atom. The van der Waals surface area contributed by atoms with Crippen LogP contribution in [0.25, 0.3) is 0 Å². The normalized spacial score (nSPS) is 13.2. The quantitative estimate of drug-likeness (QED) is 0.0271. The maximum Gasteiger partial charge on any atom is 0.250 e. The van der Waals surface area contributed by atoms with Gasteiger partial charge < -0.3 is 41.7 Å². The third kappa shape index (κ3) is 52.9. The van der Waals surface area contributed by atoms with Gasteiger partial charge in [-0.05, 0) is 51.6 Å². The Morgan fingerprint density at radius 1 is 0.247 bits per heavy atom. The molecule has 0 aliphatic heterocycles. The zero-order chi connectivity index (χ0) is 59.5. The van der Waals surface area contributed by atoms with Gasteiger partial charge in [-0.1, -0.05) is 278 Å². The summed E-state index contributed by atoms with van der Waals surface area (Å²) in [4.78, 5) is 55.8. The summed E-state index contributed by atoms with van der Waals surface area (Å²) in [5.41, 5.74) is 0. The maximum atomic E-state index is 13.0. The van der Waals surface area contributed by atoms with Crippen molar-refractivity contribution in [3.8, 4) is 0 Å². The Kier molecular flexibility index (Phi) is 59.0. The van der Waals surface area contributed by atoms with Crippen LogP contribution in [0.4, 0.5) is 0 Å². The number of hydrogen-bond acceptors (Lipinski definition) is 10. The first-order chi connectivity index (χ1) is 39.5. The number of amides is 4. The molecule has 4 amide bonds. The Bertz CT molecular complexity index is 1200. The lowest BCUT2D eigenvalue weighted by atomic mass is 10.1. The van der Waals surface area contributed by atoms with Crippen LogP contribution in [0.15, 0.2) is 0 Å². The molecule has 4 unspecified atom stereocenters. The van der Waals surface area contributed by atoms with Crippen molar-refractivity contribution < 1.29 is 39.6 Å². The number of rotatable bonds is 64. The van der Waals surface area contributed by atoms with Crippen molar-refractivity contribution >= 4 is 23.6 Å². The minimum Gasteiger partial charge on any atom is -0.382 e. The highest BCUT2D eigenvalue weighted by atomic mass is 16.3. The molecule has 0 bridgehead atoms. The van der Waals surface area contributed by atoms with Crippen LogP contribution >= 0.6 is 0 Å². The van der Waals surface area contributed by atoms with E-state index in [-0.39, 0.29) is 26.2 Å². The molecule has 0 saturated heterocycles. The van der Waals surface area contributed by atoms with Crippen molar-refractivity contribution in [3.63, 3.8) is 0 Å². The summed E-state index contributed by atoms with van der Waals surface area (Å²) < 4.78 is 0. The SMILES string of the molecule is CCCCCCCCCCCCNC(=O)C(O)CN(CCCCCCCN(CC(O)C(=O)NCCCCCCCCCCCC)CC(O)C(=O)NCCCCCCCCCCCC)CC(O)C(=O)NCCCCCCCCCCCC. The molecule has 480 valence electrons. The molecule has 0 fully saturated rings. The van der Waals surface area contributed by atoms with Crippen LogP contribution in [0.5, 0.6) is 0 Å². The average molecular weight is 1150 g/mol. The number of aliphatic hydroxyl groups is 4. The van der Waals surface area contributed by atoms with Crippen molar-refractivity contribution in [3.05, 3.63) is 0 Å². The van der Waals surface area contributed by atoms with Gasteiger partial charge in [0.15, 0.2) is 0 Å². The van der Waals surface area contributed by atoms with Gasteiger partial charge in [-0.3, -0.25) is 29.0 Å². The predicted octanol–water partition coefficient (Wildman–Crippen LogP) is 13.1. The summed E-state index contributed by atoms with van der Waals surface area (Å²) in [5.74, 6) is -1.75. The van der Waals surface area contributed by atoms with Crippen LogP contribution < -0.4 is 21.3 Å². The van der Waals surface area contributed by atoms with Crippen LogP contribution in [-0.2, 0) is 19.2 Å². The third-order valence-electron chi connectivity index (χ3n) is 16.2. The van der Waals surface area contributed by atoms with E-state index in [2.05, 4.69) is 49.0 Å². The predicted molar refractivity (Wildman–Crippen MR) is 339 cm³/mol. The zero-order valence-corrected chi connectivity index (χ0v) is 53.5. The molecule has 0 aromatic rings. The Balaban J connectivity index is 5.31. The average Bonchev–Trinajstić information content (AvgIpc) is 3.45. The number of aliphatic hydroxyl groups excluding tert-OH is 4.